The molecular formula is C26H30FN7O2. The third kappa shape index (κ3) is 4.40. The zero-order chi connectivity index (χ0) is 25.0. The second kappa shape index (κ2) is 8.83. The van der Waals surface area contributed by atoms with Gasteiger partial charge in [0.1, 0.15) is 17.6 Å². The number of carbonyl (C=O) groups is 2. The fourth-order valence-electron chi connectivity index (χ4n) is 5.39. The number of carbonyl (C=O) groups excluding carboxylic acids is 2. The summed E-state index contributed by atoms with van der Waals surface area (Å²) in [5.74, 6) is -0.331. The Morgan fingerprint density at radius 1 is 1.08 bits per heavy atom. The molecule has 3 fully saturated rings. The van der Waals surface area contributed by atoms with Crippen LogP contribution in [-0.4, -0.2) is 42.8 Å². The number of aryl methyl sites for hydroxylation is 2. The van der Waals surface area contributed by atoms with E-state index in [-0.39, 0.29) is 29.6 Å². The van der Waals surface area contributed by atoms with E-state index in [1.807, 2.05) is 6.92 Å². The van der Waals surface area contributed by atoms with Gasteiger partial charge in [0.2, 0.25) is 11.9 Å². The van der Waals surface area contributed by atoms with Crippen molar-refractivity contribution in [3.8, 4) is 11.1 Å². The maximum absolute atomic E-state index is 15.0. The minimum atomic E-state index is -0.719. The molecule has 6 rings (SSSR count). The Kier molecular flexibility index (Phi) is 5.61. The molecule has 1 atom stereocenters. The van der Waals surface area contributed by atoms with Crippen molar-refractivity contribution in [2.45, 2.75) is 64.5 Å². The molecule has 3 aromatic heterocycles. The zero-order valence-corrected chi connectivity index (χ0v) is 20.4. The van der Waals surface area contributed by atoms with Crippen LogP contribution in [0.1, 0.15) is 66.4 Å². The average molecular weight is 492 g/mol. The Labute approximate surface area is 208 Å². The van der Waals surface area contributed by atoms with Crippen LogP contribution >= 0.6 is 0 Å². The van der Waals surface area contributed by atoms with E-state index in [0.29, 0.717) is 34.4 Å². The van der Waals surface area contributed by atoms with Gasteiger partial charge < -0.3 is 10.6 Å². The molecule has 3 heterocycles. The molecule has 0 aromatic carbocycles. The second-order valence-corrected chi connectivity index (χ2v) is 10.4. The molecular weight excluding hydrogens is 461 g/mol. The number of nitrogens with one attached hydrogen (secondary N) is 3. The van der Waals surface area contributed by atoms with Crippen molar-refractivity contribution >= 4 is 17.6 Å². The summed E-state index contributed by atoms with van der Waals surface area (Å²) in [7, 11) is 0. The van der Waals surface area contributed by atoms with Crippen LogP contribution in [0.25, 0.3) is 11.1 Å². The Balaban J connectivity index is 1.24. The lowest BCUT2D eigenvalue weighted by molar-refractivity contribution is -0.119. The minimum Gasteiger partial charge on any atom is -0.339 e. The van der Waals surface area contributed by atoms with Crippen molar-refractivity contribution in [1.82, 2.24) is 30.3 Å². The first-order chi connectivity index (χ1) is 17.4. The smallest absolute Gasteiger partial charge is 0.270 e. The quantitative estimate of drug-likeness (QED) is 0.392. The van der Waals surface area contributed by atoms with Gasteiger partial charge in [-0.15, -0.1) is 0 Å². The number of hydrogen-bond acceptors (Lipinski definition) is 5. The topological polar surface area (TPSA) is 118 Å². The van der Waals surface area contributed by atoms with Crippen molar-refractivity contribution in [3.05, 3.63) is 47.4 Å². The molecule has 188 valence electrons. The van der Waals surface area contributed by atoms with E-state index < -0.39 is 12.0 Å². The predicted octanol–water partition coefficient (Wildman–Crippen LogP) is 3.93. The maximum atomic E-state index is 15.0. The monoisotopic (exact) mass is 491 g/mol. The molecule has 0 aliphatic heterocycles. The molecule has 36 heavy (non-hydrogen) atoms. The Bertz CT molecular complexity index is 1290. The zero-order valence-electron chi connectivity index (χ0n) is 20.4. The highest BCUT2D eigenvalue weighted by Gasteiger charge is 2.48. The van der Waals surface area contributed by atoms with Crippen LogP contribution < -0.4 is 10.6 Å². The standard InChI is InChI=1S/C26H30FN7O2/c1-13-21(14(2)33-32-13)18-9-10-20(29-24(18)27)30-26(36)23(22(15-3-4-15)16-5-6-16)31-25(35)19-11-12-28-34(19)17-7-8-17/h9-12,15-17,22-23H,3-8H2,1-2H3,(H,31,35)(H,32,33)(H,29,30,36)/t23-/m0/s1. The summed E-state index contributed by atoms with van der Waals surface area (Å²) in [4.78, 5) is 30.9. The third-order valence-corrected chi connectivity index (χ3v) is 7.58. The van der Waals surface area contributed by atoms with Crippen LogP contribution in [0, 0.1) is 37.5 Å². The molecule has 0 saturated heterocycles. The van der Waals surface area contributed by atoms with Gasteiger partial charge in [-0.25, -0.2) is 4.98 Å². The first-order valence-electron chi connectivity index (χ1n) is 12.7. The summed E-state index contributed by atoms with van der Waals surface area (Å²) in [6.45, 7) is 3.62. The molecule has 0 unspecified atom stereocenters. The first-order valence-corrected chi connectivity index (χ1v) is 12.7. The summed E-state index contributed by atoms with van der Waals surface area (Å²) in [6.07, 6.45) is 7.88. The Hall–Kier alpha value is -3.56. The molecule has 10 heteroatoms. The van der Waals surface area contributed by atoms with Gasteiger partial charge in [-0.2, -0.15) is 14.6 Å². The summed E-state index contributed by atoms with van der Waals surface area (Å²) in [5, 5.41) is 17.1. The summed E-state index contributed by atoms with van der Waals surface area (Å²) in [6, 6.07) is 4.42. The maximum Gasteiger partial charge on any atom is 0.270 e. The summed E-state index contributed by atoms with van der Waals surface area (Å²) >= 11 is 0. The predicted molar refractivity (Wildman–Crippen MR) is 131 cm³/mol. The molecule has 0 spiro atoms. The molecule has 9 nitrogen and oxygen atoms in total. The average Bonchev–Trinajstić information content (AvgIpc) is 3.74. The largest absolute Gasteiger partial charge is 0.339 e. The number of H-pyrrole nitrogens is 1. The number of amides is 2. The number of halogens is 1. The van der Waals surface area contributed by atoms with Gasteiger partial charge in [0.05, 0.1) is 11.7 Å². The fraction of sp³-hybridized carbons (Fsp3) is 0.500. The highest BCUT2D eigenvalue weighted by molar-refractivity contribution is 6.00. The minimum absolute atomic E-state index is 0.0617. The van der Waals surface area contributed by atoms with Gasteiger partial charge in [0.15, 0.2) is 0 Å². The third-order valence-electron chi connectivity index (χ3n) is 7.58. The van der Waals surface area contributed by atoms with Crippen LogP contribution in [0.2, 0.25) is 0 Å². The first kappa shape index (κ1) is 22.9. The van der Waals surface area contributed by atoms with Crippen LogP contribution in [0.3, 0.4) is 0 Å². The van der Waals surface area contributed by atoms with Gasteiger partial charge in [0.25, 0.3) is 5.91 Å². The van der Waals surface area contributed by atoms with Crippen LogP contribution in [0.5, 0.6) is 0 Å². The van der Waals surface area contributed by atoms with Crippen LogP contribution in [0.15, 0.2) is 24.4 Å². The number of pyridine rings is 1. The molecule has 3 N–H and O–H groups in total. The Morgan fingerprint density at radius 2 is 1.81 bits per heavy atom. The fourth-order valence-corrected chi connectivity index (χ4v) is 5.39. The molecule has 2 amide bonds. The number of rotatable bonds is 9. The van der Waals surface area contributed by atoms with Crippen molar-refractivity contribution < 1.29 is 14.0 Å². The Morgan fingerprint density at radius 3 is 2.39 bits per heavy atom. The molecule has 3 aliphatic carbocycles. The second-order valence-electron chi connectivity index (χ2n) is 10.4. The van der Waals surface area contributed by atoms with Crippen molar-refractivity contribution in [1.29, 1.82) is 0 Å². The highest BCUT2D eigenvalue weighted by Crippen LogP contribution is 2.51. The van der Waals surface area contributed by atoms with Gasteiger partial charge in [-0.05, 0) is 88.3 Å². The number of nitrogens with zero attached hydrogens (tertiary/aromatic N) is 4. The van der Waals surface area contributed by atoms with E-state index in [4.69, 9.17) is 0 Å². The number of hydrogen-bond donors (Lipinski definition) is 3. The SMILES string of the molecule is Cc1n[nH]c(C)c1-c1ccc(NC(=O)[C@@H](NC(=O)c2ccnn2C2CC2)C(C2CC2)C2CC2)nc1F. The number of aromatic nitrogens is 5. The molecule has 0 radical (unpaired) electrons. The number of aromatic amines is 1. The van der Waals surface area contributed by atoms with E-state index in [2.05, 4.69) is 30.9 Å². The van der Waals surface area contributed by atoms with Crippen LogP contribution in [-0.2, 0) is 4.79 Å². The van der Waals surface area contributed by atoms with Gasteiger partial charge in [0, 0.05) is 23.0 Å². The van der Waals surface area contributed by atoms with E-state index in [1.165, 1.54) is 0 Å². The van der Waals surface area contributed by atoms with Crippen LogP contribution in [0.4, 0.5) is 10.2 Å². The van der Waals surface area contributed by atoms with Gasteiger partial charge in [-0.1, -0.05) is 0 Å². The van der Waals surface area contributed by atoms with E-state index in [0.717, 1.165) is 44.2 Å². The van der Waals surface area contributed by atoms with E-state index in [9.17, 15) is 14.0 Å². The highest BCUT2D eigenvalue weighted by atomic mass is 19.1. The van der Waals surface area contributed by atoms with Crippen molar-refractivity contribution in [2.24, 2.45) is 17.8 Å². The lowest BCUT2D eigenvalue weighted by Gasteiger charge is -2.27. The molecule has 3 aliphatic rings. The van der Waals surface area contributed by atoms with Gasteiger partial charge >= 0.3 is 0 Å². The molecule has 3 saturated carbocycles. The lowest BCUT2D eigenvalue weighted by Crippen LogP contribution is -2.50. The van der Waals surface area contributed by atoms with Gasteiger partial charge in [-0.3, -0.25) is 19.4 Å². The summed E-state index contributed by atoms with van der Waals surface area (Å²) in [5.41, 5.74) is 2.88. The van der Waals surface area contributed by atoms with E-state index in [1.54, 1.807) is 36.0 Å². The normalized spacial score (nSPS) is 18.3. The summed E-state index contributed by atoms with van der Waals surface area (Å²) < 4.78 is 16.8. The lowest BCUT2D eigenvalue weighted by atomic mass is 9.88. The van der Waals surface area contributed by atoms with Crippen molar-refractivity contribution in [3.63, 3.8) is 0 Å². The molecule has 0 bridgehead atoms. The van der Waals surface area contributed by atoms with E-state index >= 15 is 0 Å². The van der Waals surface area contributed by atoms with Crippen molar-refractivity contribution in [2.75, 3.05) is 5.32 Å². The number of anilines is 1. The molecule has 3 aromatic rings.